The molecule has 0 heterocycles. The summed E-state index contributed by atoms with van der Waals surface area (Å²) in [6.45, 7) is 0. The van der Waals surface area contributed by atoms with Crippen LogP contribution in [0.4, 0.5) is 15.8 Å². The van der Waals surface area contributed by atoms with E-state index in [0.29, 0.717) is 34.0 Å². The lowest BCUT2D eigenvalue weighted by Crippen LogP contribution is -2.30. The summed E-state index contributed by atoms with van der Waals surface area (Å²) < 4.78 is 23.8. The minimum absolute atomic E-state index is 0.00723. The Morgan fingerprint density at radius 3 is 2.24 bits per heavy atom. The number of anilines is 2. The van der Waals surface area contributed by atoms with E-state index in [4.69, 9.17) is 9.47 Å². The number of rotatable bonds is 11. The van der Waals surface area contributed by atoms with Gasteiger partial charge in [-0.1, -0.05) is 30.3 Å². The molecule has 0 spiro atoms. The summed E-state index contributed by atoms with van der Waals surface area (Å²) in [6.07, 6.45) is 1.54. The molecule has 3 amide bonds. The first-order chi connectivity index (χ1) is 20.3. The summed E-state index contributed by atoms with van der Waals surface area (Å²) in [5.41, 5.74) is 1.96. The zero-order chi connectivity index (χ0) is 29.9. The van der Waals surface area contributed by atoms with E-state index >= 15 is 0 Å². The molecule has 8 nitrogen and oxygen atoms in total. The third kappa shape index (κ3) is 8.45. The van der Waals surface area contributed by atoms with Crippen LogP contribution in [0.1, 0.15) is 15.9 Å². The third-order valence-electron chi connectivity index (χ3n) is 5.84. The maximum Gasteiger partial charge on any atom is 0.272 e. The van der Waals surface area contributed by atoms with Crippen LogP contribution < -0.4 is 25.4 Å². The number of halogens is 1. The highest BCUT2D eigenvalue weighted by Crippen LogP contribution is 2.28. The van der Waals surface area contributed by atoms with Crippen LogP contribution in [0.2, 0.25) is 0 Å². The topological polar surface area (TPSA) is 106 Å². The molecule has 0 aliphatic carbocycles. The van der Waals surface area contributed by atoms with E-state index in [1.54, 1.807) is 66.7 Å². The Bertz CT molecular complexity index is 1590. The van der Waals surface area contributed by atoms with E-state index < -0.39 is 11.8 Å². The molecular weight excluding hydrogens is 557 g/mol. The van der Waals surface area contributed by atoms with Gasteiger partial charge >= 0.3 is 0 Å². The van der Waals surface area contributed by atoms with Crippen molar-refractivity contribution in [2.45, 2.75) is 4.90 Å². The second-order valence-corrected chi connectivity index (χ2v) is 9.87. The minimum atomic E-state index is -0.551. The smallest absolute Gasteiger partial charge is 0.272 e. The van der Waals surface area contributed by atoms with Crippen molar-refractivity contribution in [3.8, 4) is 11.5 Å². The van der Waals surface area contributed by atoms with E-state index in [0.717, 1.165) is 4.90 Å². The van der Waals surface area contributed by atoms with Crippen molar-refractivity contribution in [3.05, 3.63) is 120 Å². The van der Waals surface area contributed by atoms with Gasteiger partial charge in [-0.05, 0) is 78.4 Å². The van der Waals surface area contributed by atoms with E-state index in [1.165, 1.54) is 56.3 Å². The number of amides is 3. The van der Waals surface area contributed by atoms with Gasteiger partial charge in [-0.2, -0.15) is 0 Å². The number of carbonyl (C=O) groups is 3. The Balaban J connectivity index is 1.49. The maximum absolute atomic E-state index is 13.4. The fourth-order valence-electron chi connectivity index (χ4n) is 3.79. The van der Waals surface area contributed by atoms with E-state index in [-0.39, 0.29) is 23.2 Å². The van der Waals surface area contributed by atoms with Crippen LogP contribution >= 0.6 is 11.8 Å². The first kappa shape index (κ1) is 29.9. The van der Waals surface area contributed by atoms with Gasteiger partial charge in [-0.25, -0.2) is 4.39 Å². The summed E-state index contributed by atoms with van der Waals surface area (Å²) in [7, 11) is 3.03. The molecule has 10 heteroatoms. The SMILES string of the molecule is COc1ccc(/C=C(/NC(=O)c2ccccc2)C(=O)Nc2cccc(SCC(=O)Nc3ccc(F)cc3)c2)cc1OC. The van der Waals surface area contributed by atoms with Gasteiger partial charge in [0.1, 0.15) is 11.5 Å². The van der Waals surface area contributed by atoms with Gasteiger partial charge in [0.15, 0.2) is 11.5 Å². The van der Waals surface area contributed by atoms with Crippen LogP contribution in [0, 0.1) is 5.82 Å². The quantitative estimate of drug-likeness (QED) is 0.148. The predicted molar refractivity (Wildman–Crippen MR) is 162 cm³/mol. The number of thioether (sulfide) groups is 1. The number of ether oxygens (including phenoxy) is 2. The summed E-state index contributed by atoms with van der Waals surface area (Å²) in [6, 6.07) is 26.2. The second kappa shape index (κ2) is 14.5. The van der Waals surface area contributed by atoms with Crippen molar-refractivity contribution in [1.29, 1.82) is 0 Å². The van der Waals surface area contributed by atoms with Crippen molar-refractivity contribution in [1.82, 2.24) is 5.32 Å². The molecule has 0 aromatic heterocycles. The van der Waals surface area contributed by atoms with E-state index in [1.807, 2.05) is 6.07 Å². The Hall–Kier alpha value is -5.09. The number of methoxy groups -OCH3 is 2. The van der Waals surface area contributed by atoms with Crippen LogP contribution in [0.25, 0.3) is 6.08 Å². The number of nitrogens with one attached hydrogen (secondary N) is 3. The first-order valence-electron chi connectivity index (χ1n) is 12.7. The van der Waals surface area contributed by atoms with Gasteiger partial charge in [0.2, 0.25) is 5.91 Å². The fraction of sp³-hybridized carbons (Fsp3) is 0.0938. The molecule has 42 heavy (non-hydrogen) atoms. The molecule has 4 aromatic rings. The average Bonchev–Trinajstić information content (AvgIpc) is 3.01. The summed E-state index contributed by atoms with van der Waals surface area (Å²) in [5.74, 6) is -0.554. The largest absolute Gasteiger partial charge is 0.493 e. The van der Waals surface area contributed by atoms with Crippen molar-refractivity contribution >= 4 is 46.9 Å². The number of benzene rings is 4. The van der Waals surface area contributed by atoms with Gasteiger partial charge < -0.3 is 25.4 Å². The van der Waals surface area contributed by atoms with Crippen molar-refractivity contribution in [2.24, 2.45) is 0 Å². The molecule has 0 aliphatic heterocycles. The van der Waals surface area contributed by atoms with Crippen LogP contribution in [0.3, 0.4) is 0 Å². The maximum atomic E-state index is 13.4. The molecular formula is C32H28FN3O5S. The van der Waals surface area contributed by atoms with Gasteiger partial charge in [0, 0.05) is 21.8 Å². The lowest BCUT2D eigenvalue weighted by molar-refractivity contribution is -0.114. The molecule has 0 aliphatic rings. The first-order valence-corrected chi connectivity index (χ1v) is 13.7. The summed E-state index contributed by atoms with van der Waals surface area (Å²) >= 11 is 1.27. The van der Waals surface area contributed by atoms with Gasteiger partial charge in [-0.15, -0.1) is 11.8 Å². The Kier molecular flexibility index (Phi) is 10.3. The average molecular weight is 586 g/mol. The minimum Gasteiger partial charge on any atom is -0.493 e. The van der Waals surface area contributed by atoms with E-state index in [9.17, 15) is 18.8 Å². The molecule has 4 rings (SSSR count). The molecule has 4 aromatic carbocycles. The normalized spacial score (nSPS) is 10.9. The molecule has 0 radical (unpaired) electrons. The second-order valence-electron chi connectivity index (χ2n) is 8.82. The number of hydrogen-bond donors (Lipinski definition) is 3. The fourth-order valence-corrected chi connectivity index (χ4v) is 4.55. The van der Waals surface area contributed by atoms with Crippen LogP contribution in [0.5, 0.6) is 11.5 Å². The highest BCUT2D eigenvalue weighted by molar-refractivity contribution is 8.00. The molecule has 0 bridgehead atoms. The van der Waals surface area contributed by atoms with Crippen molar-refractivity contribution in [3.63, 3.8) is 0 Å². The van der Waals surface area contributed by atoms with Gasteiger partial charge in [0.05, 0.1) is 20.0 Å². The number of carbonyl (C=O) groups excluding carboxylic acids is 3. The van der Waals surface area contributed by atoms with Crippen molar-refractivity contribution in [2.75, 3.05) is 30.6 Å². The highest BCUT2D eigenvalue weighted by Gasteiger charge is 2.16. The molecule has 0 saturated heterocycles. The third-order valence-corrected chi connectivity index (χ3v) is 6.83. The monoisotopic (exact) mass is 585 g/mol. The highest BCUT2D eigenvalue weighted by atomic mass is 32.2. The molecule has 214 valence electrons. The van der Waals surface area contributed by atoms with E-state index in [2.05, 4.69) is 16.0 Å². The van der Waals surface area contributed by atoms with Crippen LogP contribution in [-0.2, 0) is 9.59 Å². The zero-order valence-electron chi connectivity index (χ0n) is 22.8. The predicted octanol–water partition coefficient (Wildman–Crippen LogP) is 5.98. The van der Waals surface area contributed by atoms with Crippen molar-refractivity contribution < 1.29 is 28.2 Å². The summed E-state index contributed by atoms with van der Waals surface area (Å²) in [5, 5.41) is 8.23. The molecule has 3 N–H and O–H groups in total. The Morgan fingerprint density at radius 1 is 0.786 bits per heavy atom. The Morgan fingerprint density at radius 2 is 1.52 bits per heavy atom. The standard InChI is InChI=1S/C32H28FN3O5S/c1-40-28-16-11-21(18-29(28)41-2)17-27(36-31(38)22-7-4-3-5-8-22)32(39)35-25-9-6-10-26(19-25)42-20-30(37)34-24-14-12-23(33)13-15-24/h3-19H,20H2,1-2H3,(H,34,37)(H,35,39)(H,36,38)/b27-17+. The molecule has 0 atom stereocenters. The zero-order valence-corrected chi connectivity index (χ0v) is 23.7. The lowest BCUT2D eigenvalue weighted by atomic mass is 10.1. The van der Waals surface area contributed by atoms with Gasteiger partial charge in [-0.3, -0.25) is 14.4 Å². The Labute approximate surface area is 246 Å². The number of hydrogen-bond acceptors (Lipinski definition) is 6. The van der Waals surface area contributed by atoms with Crippen LogP contribution in [-0.4, -0.2) is 37.7 Å². The van der Waals surface area contributed by atoms with Crippen LogP contribution in [0.15, 0.2) is 108 Å². The summed E-state index contributed by atoms with van der Waals surface area (Å²) in [4.78, 5) is 39.4. The molecule has 0 saturated carbocycles. The molecule has 0 unspecified atom stereocenters. The van der Waals surface area contributed by atoms with Gasteiger partial charge in [0.25, 0.3) is 11.8 Å². The molecule has 0 fully saturated rings. The lowest BCUT2D eigenvalue weighted by Gasteiger charge is -2.13.